The number of hydrogen-bond donors (Lipinski definition) is 2. The molecule has 0 fully saturated rings. The molecule has 0 heterocycles. The van der Waals surface area contributed by atoms with E-state index >= 15 is 0 Å². The van der Waals surface area contributed by atoms with Crippen molar-refractivity contribution < 1.29 is 4.79 Å². The van der Waals surface area contributed by atoms with Crippen LogP contribution in [0.1, 0.15) is 35.7 Å². The van der Waals surface area contributed by atoms with Crippen LogP contribution in [-0.2, 0) is 0 Å². The number of aryl methyl sites for hydroxylation is 1. The van der Waals surface area contributed by atoms with Crippen LogP contribution in [0.25, 0.3) is 0 Å². The number of carbonyl (C=O) groups is 1. The highest BCUT2D eigenvalue weighted by atomic mass is 16.1. The highest BCUT2D eigenvalue weighted by molar-refractivity contribution is 5.99. The summed E-state index contributed by atoms with van der Waals surface area (Å²) in [7, 11) is 1.80. The molecule has 3 nitrogen and oxygen atoms in total. The zero-order valence-corrected chi connectivity index (χ0v) is 9.55. The van der Waals surface area contributed by atoms with Crippen molar-refractivity contribution in [3.05, 3.63) is 23.3 Å². The van der Waals surface area contributed by atoms with Crippen LogP contribution in [0.2, 0.25) is 0 Å². The molecule has 0 radical (unpaired) electrons. The van der Waals surface area contributed by atoms with Crippen LogP contribution in [0.4, 0.5) is 11.4 Å². The molecule has 15 heavy (non-hydrogen) atoms. The number of rotatable bonds is 4. The lowest BCUT2D eigenvalue weighted by molar-refractivity contribution is 0.0981. The van der Waals surface area contributed by atoms with Gasteiger partial charge >= 0.3 is 0 Å². The summed E-state index contributed by atoms with van der Waals surface area (Å²) in [5.41, 5.74) is 9.03. The SMILES string of the molecule is CCCC(=O)c1cc(NC)c(N)cc1C. The molecule has 0 aliphatic heterocycles. The number of carbonyl (C=O) groups excluding carboxylic acids is 1. The summed E-state index contributed by atoms with van der Waals surface area (Å²) in [6, 6.07) is 3.68. The van der Waals surface area contributed by atoms with Crippen molar-refractivity contribution >= 4 is 17.2 Å². The molecule has 82 valence electrons. The number of nitrogen functional groups attached to an aromatic ring is 1. The van der Waals surface area contributed by atoms with Crippen molar-refractivity contribution in [3.8, 4) is 0 Å². The highest BCUT2D eigenvalue weighted by Crippen LogP contribution is 2.24. The van der Waals surface area contributed by atoms with Crippen LogP contribution >= 0.6 is 0 Å². The van der Waals surface area contributed by atoms with Crippen molar-refractivity contribution in [2.75, 3.05) is 18.1 Å². The molecule has 1 aromatic carbocycles. The van der Waals surface area contributed by atoms with E-state index in [9.17, 15) is 4.79 Å². The summed E-state index contributed by atoms with van der Waals surface area (Å²) in [4.78, 5) is 11.8. The van der Waals surface area contributed by atoms with Crippen molar-refractivity contribution in [2.24, 2.45) is 0 Å². The topological polar surface area (TPSA) is 55.1 Å². The van der Waals surface area contributed by atoms with Gasteiger partial charge in [0.05, 0.1) is 11.4 Å². The first-order chi connectivity index (χ1) is 7.10. The lowest BCUT2D eigenvalue weighted by atomic mass is 10.00. The van der Waals surface area contributed by atoms with Crippen molar-refractivity contribution in [1.29, 1.82) is 0 Å². The van der Waals surface area contributed by atoms with E-state index in [1.165, 1.54) is 0 Å². The molecular weight excluding hydrogens is 188 g/mol. The van der Waals surface area contributed by atoms with E-state index in [1.807, 2.05) is 26.0 Å². The Hall–Kier alpha value is -1.51. The Kier molecular flexibility index (Phi) is 3.72. The smallest absolute Gasteiger partial charge is 0.163 e. The lowest BCUT2D eigenvalue weighted by Gasteiger charge is -2.10. The van der Waals surface area contributed by atoms with E-state index in [-0.39, 0.29) is 5.78 Å². The zero-order valence-electron chi connectivity index (χ0n) is 9.55. The molecule has 0 bridgehead atoms. The molecule has 0 saturated carbocycles. The Bertz CT molecular complexity index is 372. The van der Waals surface area contributed by atoms with Crippen LogP contribution < -0.4 is 11.1 Å². The summed E-state index contributed by atoms with van der Waals surface area (Å²) in [5, 5.41) is 2.98. The Balaban J connectivity index is 3.12. The number of anilines is 2. The summed E-state index contributed by atoms with van der Waals surface area (Å²) in [6.07, 6.45) is 1.46. The van der Waals surface area contributed by atoms with Crippen LogP contribution in [-0.4, -0.2) is 12.8 Å². The first kappa shape index (κ1) is 11.6. The van der Waals surface area contributed by atoms with Crippen molar-refractivity contribution in [1.82, 2.24) is 0 Å². The molecule has 0 spiro atoms. The van der Waals surface area contributed by atoms with E-state index in [2.05, 4.69) is 5.32 Å². The molecule has 0 amide bonds. The quantitative estimate of drug-likeness (QED) is 0.588. The molecule has 3 N–H and O–H groups in total. The van der Waals surface area contributed by atoms with Gasteiger partial charge in [0.25, 0.3) is 0 Å². The van der Waals surface area contributed by atoms with Crippen molar-refractivity contribution in [2.45, 2.75) is 26.7 Å². The number of Topliss-reactive ketones (excluding diaryl/α,β-unsaturated/α-hetero) is 1. The van der Waals surface area contributed by atoms with E-state index < -0.39 is 0 Å². The zero-order chi connectivity index (χ0) is 11.4. The minimum absolute atomic E-state index is 0.187. The van der Waals surface area contributed by atoms with Gasteiger partial charge in [0.15, 0.2) is 5.78 Å². The van der Waals surface area contributed by atoms with Crippen molar-refractivity contribution in [3.63, 3.8) is 0 Å². The number of nitrogens with one attached hydrogen (secondary N) is 1. The molecule has 0 aliphatic carbocycles. The second-order valence-corrected chi connectivity index (χ2v) is 3.68. The number of hydrogen-bond acceptors (Lipinski definition) is 3. The molecular formula is C12H18N2O. The summed E-state index contributed by atoms with van der Waals surface area (Å²) >= 11 is 0. The van der Waals surface area contributed by atoms with E-state index in [0.717, 1.165) is 23.2 Å². The van der Waals surface area contributed by atoms with Gasteiger partial charge in [-0.2, -0.15) is 0 Å². The second kappa shape index (κ2) is 4.82. The van der Waals surface area contributed by atoms with Gasteiger partial charge < -0.3 is 11.1 Å². The fourth-order valence-electron chi connectivity index (χ4n) is 1.61. The maximum Gasteiger partial charge on any atom is 0.163 e. The molecule has 0 saturated heterocycles. The Morgan fingerprint density at radius 3 is 2.67 bits per heavy atom. The third kappa shape index (κ3) is 2.49. The van der Waals surface area contributed by atoms with Gasteiger partial charge in [-0.05, 0) is 31.0 Å². The fraction of sp³-hybridized carbons (Fsp3) is 0.417. The van der Waals surface area contributed by atoms with Gasteiger partial charge in [-0.25, -0.2) is 0 Å². The third-order valence-corrected chi connectivity index (χ3v) is 2.44. The summed E-state index contributed by atoms with van der Waals surface area (Å²) in [6.45, 7) is 3.92. The van der Waals surface area contributed by atoms with Crippen LogP contribution in [0.3, 0.4) is 0 Å². The summed E-state index contributed by atoms with van der Waals surface area (Å²) in [5.74, 6) is 0.187. The number of benzene rings is 1. The maximum absolute atomic E-state index is 11.8. The average molecular weight is 206 g/mol. The van der Waals surface area contributed by atoms with Gasteiger partial charge in [-0.15, -0.1) is 0 Å². The van der Waals surface area contributed by atoms with Crippen LogP contribution in [0, 0.1) is 6.92 Å². The molecule has 0 aliphatic rings. The minimum atomic E-state index is 0.187. The normalized spacial score (nSPS) is 10.1. The van der Waals surface area contributed by atoms with Gasteiger partial charge in [-0.1, -0.05) is 6.92 Å². The Morgan fingerprint density at radius 1 is 1.47 bits per heavy atom. The van der Waals surface area contributed by atoms with Crippen LogP contribution in [0.15, 0.2) is 12.1 Å². The molecule has 0 atom stereocenters. The summed E-state index contributed by atoms with van der Waals surface area (Å²) < 4.78 is 0. The molecule has 1 rings (SSSR count). The van der Waals surface area contributed by atoms with E-state index in [1.54, 1.807) is 7.05 Å². The standard InChI is InChI=1S/C12H18N2O/c1-4-5-12(15)9-7-11(14-3)10(13)6-8(9)2/h6-7,14H,4-5,13H2,1-3H3. The Labute approximate surface area is 90.7 Å². The predicted molar refractivity (Wildman–Crippen MR) is 64.4 cm³/mol. The molecule has 1 aromatic rings. The lowest BCUT2D eigenvalue weighted by Crippen LogP contribution is -2.05. The Morgan fingerprint density at radius 2 is 2.13 bits per heavy atom. The molecule has 3 heteroatoms. The number of nitrogens with two attached hydrogens (primary N) is 1. The predicted octanol–water partition coefficient (Wildman–Crippen LogP) is 2.60. The van der Waals surface area contributed by atoms with E-state index in [4.69, 9.17) is 5.73 Å². The highest BCUT2D eigenvalue weighted by Gasteiger charge is 2.10. The largest absolute Gasteiger partial charge is 0.397 e. The van der Waals surface area contributed by atoms with Gasteiger partial charge in [-0.3, -0.25) is 4.79 Å². The monoisotopic (exact) mass is 206 g/mol. The van der Waals surface area contributed by atoms with Gasteiger partial charge in [0, 0.05) is 19.0 Å². The van der Waals surface area contributed by atoms with Gasteiger partial charge in [0.1, 0.15) is 0 Å². The first-order valence-corrected chi connectivity index (χ1v) is 5.21. The third-order valence-electron chi connectivity index (χ3n) is 2.44. The molecule has 0 unspecified atom stereocenters. The van der Waals surface area contributed by atoms with E-state index in [0.29, 0.717) is 12.1 Å². The minimum Gasteiger partial charge on any atom is -0.397 e. The first-order valence-electron chi connectivity index (χ1n) is 5.21. The maximum atomic E-state index is 11.8. The second-order valence-electron chi connectivity index (χ2n) is 3.68. The van der Waals surface area contributed by atoms with Crippen LogP contribution in [0.5, 0.6) is 0 Å². The fourth-order valence-corrected chi connectivity index (χ4v) is 1.61. The average Bonchev–Trinajstić information content (AvgIpc) is 2.18. The number of ketones is 1. The molecule has 0 aromatic heterocycles. The van der Waals surface area contributed by atoms with Gasteiger partial charge in [0.2, 0.25) is 0 Å².